The first kappa shape index (κ1) is 15.0. The van der Waals surface area contributed by atoms with Gasteiger partial charge in [0.15, 0.2) is 11.6 Å². The van der Waals surface area contributed by atoms with E-state index >= 15 is 0 Å². The van der Waals surface area contributed by atoms with Gasteiger partial charge in [0.25, 0.3) is 0 Å². The van der Waals surface area contributed by atoms with Crippen LogP contribution in [-0.2, 0) is 6.61 Å². The van der Waals surface area contributed by atoms with Gasteiger partial charge in [0.1, 0.15) is 12.4 Å². The van der Waals surface area contributed by atoms with Crippen molar-refractivity contribution in [2.24, 2.45) is 5.73 Å². The van der Waals surface area contributed by atoms with E-state index in [0.29, 0.717) is 18.1 Å². The summed E-state index contributed by atoms with van der Waals surface area (Å²) >= 11 is 0. The first-order valence-corrected chi connectivity index (χ1v) is 6.83. The van der Waals surface area contributed by atoms with Crippen LogP contribution >= 0.6 is 0 Å². The largest absolute Gasteiger partial charge is 0.486 e. The number of nitrogens with one attached hydrogen (secondary N) is 1. The summed E-state index contributed by atoms with van der Waals surface area (Å²) in [6, 6.07) is 12.3. The van der Waals surface area contributed by atoms with Gasteiger partial charge in [-0.15, -0.1) is 0 Å². The van der Waals surface area contributed by atoms with Crippen molar-refractivity contribution in [2.45, 2.75) is 26.4 Å². The molecule has 2 aromatic rings. The number of benzene rings is 2. The van der Waals surface area contributed by atoms with E-state index in [9.17, 15) is 4.39 Å². The van der Waals surface area contributed by atoms with E-state index in [-0.39, 0.29) is 11.6 Å². The standard InChI is InChI=1S/C17H19FN2O/c1-11(2)13-5-3-12(4-6-13)10-21-16-8-7-14(17(19)20)9-15(16)18/h3-9,11H,10H2,1-2H3,(H3,19,20). The van der Waals surface area contributed by atoms with Gasteiger partial charge >= 0.3 is 0 Å². The lowest BCUT2D eigenvalue weighted by atomic mass is 10.0. The zero-order chi connectivity index (χ0) is 15.4. The van der Waals surface area contributed by atoms with Crippen LogP contribution in [0.2, 0.25) is 0 Å². The van der Waals surface area contributed by atoms with Gasteiger partial charge in [0.2, 0.25) is 0 Å². The van der Waals surface area contributed by atoms with E-state index < -0.39 is 5.82 Å². The van der Waals surface area contributed by atoms with E-state index in [4.69, 9.17) is 15.9 Å². The van der Waals surface area contributed by atoms with Crippen LogP contribution in [0.1, 0.15) is 36.5 Å². The van der Waals surface area contributed by atoms with E-state index in [1.54, 1.807) is 6.07 Å². The van der Waals surface area contributed by atoms with Gasteiger partial charge in [-0.1, -0.05) is 38.1 Å². The summed E-state index contributed by atoms with van der Waals surface area (Å²) in [4.78, 5) is 0. The Morgan fingerprint density at radius 3 is 2.38 bits per heavy atom. The molecular weight excluding hydrogens is 267 g/mol. The fraction of sp³-hybridized carbons (Fsp3) is 0.235. The van der Waals surface area contributed by atoms with Crippen LogP contribution in [0.5, 0.6) is 5.75 Å². The number of halogens is 1. The van der Waals surface area contributed by atoms with Crippen molar-refractivity contribution in [2.75, 3.05) is 0 Å². The summed E-state index contributed by atoms with van der Waals surface area (Å²) in [6.45, 7) is 4.57. The molecule has 0 aliphatic heterocycles. The molecule has 0 amide bonds. The van der Waals surface area contributed by atoms with E-state index in [0.717, 1.165) is 5.56 Å². The first-order valence-electron chi connectivity index (χ1n) is 6.83. The van der Waals surface area contributed by atoms with Gasteiger partial charge in [-0.2, -0.15) is 0 Å². The predicted octanol–water partition coefficient (Wildman–Crippen LogP) is 3.81. The minimum atomic E-state index is -0.512. The smallest absolute Gasteiger partial charge is 0.165 e. The van der Waals surface area contributed by atoms with Crippen molar-refractivity contribution < 1.29 is 9.13 Å². The highest BCUT2D eigenvalue weighted by Gasteiger charge is 2.07. The summed E-state index contributed by atoms with van der Waals surface area (Å²) in [5.74, 6) is -0.0318. The molecule has 0 unspecified atom stereocenters. The summed E-state index contributed by atoms with van der Waals surface area (Å²) in [6.07, 6.45) is 0. The number of ether oxygens (including phenoxy) is 1. The highest BCUT2D eigenvalue weighted by atomic mass is 19.1. The number of nitrogen functional groups attached to an aromatic ring is 1. The average molecular weight is 286 g/mol. The molecule has 0 radical (unpaired) electrons. The van der Waals surface area contributed by atoms with Crippen molar-refractivity contribution in [3.8, 4) is 5.75 Å². The normalized spacial score (nSPS) is 10.7. The Labute approximate surface area is 124 Å². The van der Waals surface area contributed by atoms with Crippen molar-refractivity contribution in [1.82, 2.24) is 0 Å². The molecule has 0 aliphatic carbocycles. The average Bonchev–Trinajstić information content (AvgIpc) is 2.46. The third-order valence-electron chi connectivity index (χ3n) is 3.28. The van der Waals surface area contributed by atoms with Gasteiger partial charge in [-0.05, 0) is 35.2 Å². The molecular formula is C17H19FN2O. The number of nitrogens with two attached hydrogens (primary N) is 1. The molecule has 3 nitrogen and oxygen atoms in total. The highest BCUT2D eigenvalue weighted by Crippen LogP contribution is 2.20. The molecule has 0 spiro atoms. The lowest BCUT2D eigenvalue weighted by molar-refractivity contribution is 0.290. The molecule has 0 atom stereocenters. The second-order valence-corrected chi connectivity index (χ2v) is 5.24. The second-order valence-electron chi connectivity index (χ2n) is 5.24. The molecule has 4 heteroatoms. The number of hydrogen-bond donors (Lipinski definition) is 2. The van der Waals surface area contributed by atoms with Crippen LogP contribution in [0.3, 0.4) is 0 Å². The minimum Gasteiger partial charge on any atom is -0.486 e. The molecule has 0 heterocycles. The third-order valence-corrected chi connectivity index (χ3v) is 3.28. The topological polar surface area (TPSA) is 59.1 Å². The number of rotatable bonds is 5. The summed E-state index contributed by atoms with van der Waals surface area (Å²) in [5.41, 5.74) is 7.90. The van der Waals surface area contributed by atoms with Crippen molar-refractivity contribution in [1.29, 1.82) is 5.41 Å². The summed E-state index contributed by atoms with van der Waals surface area (Å²) < 4.78 is 19.3. The molecule has 2 aromatic carbocycles. The van der Waals surface area contributed by atoms with Gasteiger partial charge in [-0.3, -0.25) is 5.41 Å². The van der Waals surface area contributed by atoms with E-state index in [2.05, 4.69) is 26.0 Å². The molecule has 3 N–H and O–H groups in total. The number of hydrogen-bond acceptors (Lipinski definition) is 2. The molecule has 0 aromatic heterocycles. The van der Waals surface area contributed by atoms with Crippen LogP contribution in [-0.4, -0.2) is 5.84 Å². The van der Waals surface area contributed by atoms with Gasteiger partial charge in [-0.25, -0.2) is 4.39 Å². The van der Waals surface area contributed by atoms with E-state index in [1.165, 1.54) is 17.7 Å². The minimum absolute atomic E-state index is 0.160. The first-order chi connectivity index (χ1) is 9.97. The molecule has 0 saturated heterocycles. The third kappa shape index (κ3) is 3.81. The molecule has 2 rings (SSSR count). The maximum absolute atomic E-state index is 13.8. The van der Waals surface area contributed by atoms with Gasteiger partial charge in [0.05, 0.1) is 0 Å². The van der Waals surface area contributed by atoms with Crippen molar-refractivity contribution in [3.05, 3.63) is 65.0 Å². The highest BCUT2D eigenvalue weighted by molar-refractivity contribution is 5.95. The Hall–Kier alpha value is -2.36. The predicted molar refractivity (Wildman–Crippen MR) is 82.3 cm³/mol. The maximum atomic E-state index is 13.8. The fourth-order valence-electron chi connectivity index (χ4n) is 1.95. The van der Waals surface area contributed by atoms with Crippen LogP contribution < -0.4 is 10.5 Å². The van der Waals surface area contributed by atoms with E-state index in [1.807, 2.05) is 12.1 Å². The maximum Gasteiger partial charge on any atom is 0.165 e. The van der Waals surface area contributed by atoms with Crippen molar-refractivity contribution >= 4 is 5.84 Å². The molecule has 21 heavy (non-hydrogen) atoms. The lowest BCUT2D eigenvalue weighted by Gasteiger charge is -2.10. The molecule has 110 valence electrons. The summed E-state index contributed by atoms with van der Waals surface area (Å²) in [7, 11) is 0. The monoisotopic (exact) mass is 286 g/mol. The second kappa shape index (κ2) is 6.39. The van der Waals surface area contributed by atoms with Gasteiger partial charge < -0.3 is 10.5 Å². The van der Waals surface area contributed by atoms with Crippen molar-refractivity contribution in [3.63, 3.8) is 0 Å². The Balaban J connectivity index is 2.04. The van der Waals surface area contributed by atoms with Gasteiger partial charge in [0, 0.05) is 5.56 Å². The zero-order valence-electron chi connectivity index (χ0n) is 12.2. The molecule has 0 fully saturated rings. The Morgan fingerprint density at radius 1 is 1.19 bits per heavy atom. The SMILES string of the molecule is CC(C)c1ccc(COc2ccc(C(=N)N)cc2F)cc1. The number of amidine groups is 1. The Morgan fingerprint density at radius 2 is 1.86 bits per heavy atom. The molecule has 0 saturated carbocycles. The molecule has 0 aliphatic rings. The van der Waals surface area contributed by atoms with Crippen LogP contribution in [0.25, 0.3) is 0 Å². The zero-order valence-corrected chi connectivity index (χ0v) is 12.2. The van der Waals surface area contributed by atoms with Crippen LogP contribution in [0.15, 0.2) is 42.5 Å². The van der Waals surface area contributed by atoms with Crippen LogP contribution in [0.4, 0.5) is 4.39 Å². The lowest BCUT2D eigenvalue weighted by Crippen LogP contribution is -2.11. The summed E-state index contributed by atoms with van der Waals surface area (Å²) in [5, 5.41) is 7.26. The fourth-order valence-corrected chi connectivity index (χ4v) is 1.95. The molecule has 0 bridgehead atoms. The Kier molecular flexibility index (Phi) is 4.58. The quantitative estimate of drug-likeness (QED) is 0.648. The Bertz CT molecular complexity index is 636. The van der Waals surface area contributed by atoms with Crippen LogP contribution in [0, 0.1) is 11.2 Å².